The van der Waals surface area contributed by atoms with Gasteiger partial charge in [-0.15, -0.1) is 0 Å². The molecule has 58 heavy (non-hydrogen) atoms. The number of para-hydroxylation sites is 1. The first-order valence-electron chi connectivity index (χ1n) is 18.4. The number of carbonyl (C=O) groups is 5. The number of aliphatic carboxylic acids is 1. The van der Waals surface area contributed by atoms with Gasteiger partial charge in [0.05, 0.1) is 37.5 Å². The van der Waals surface area contributed by atoms with Crippen molar-refractivity contribution in [1.29, 1.82) is 0 Å². The Hall–Kier alpha value is -6.73. The Kier molecular flexibility index (Phi) is 11.4. The SMILES string of the molecule is COCCOC(=O)N1C(=O)[C@@]2(c3cc(C#CCNC(N)=O)ccc31)[C@H](C(=O)O)[C@H]1C(=O)O[C@H](c3ccccc3)[C@H](c3ccccc3)N1[C@@H]2c1ccccc1OCCO. The molecular weight excluding hydrogens is 748 g/mol. The molecule has 0 unspecified atom stereocenters. The highest BCUT2D eigenvalue weighted by atomic mass is 16.6. The predicted molar refractivity (Wildman–Crippen MR) is 206 cm³/mol. The van der Waals surface area contributed by atoms with Crippen LogP contribution in [0.1, 0.15) is 46.0 Å². The molecule has 2 saturated heterocycles. The van der Waals surface area contributed by atoms with Crippen LogP contribution in [-0.4, -0.2) is 91.2 Å². The van der Waals surface area contributed by atoms with Crippen molar-refractivity contribution in [3.05, 3.63) is 131 Å². The number of carbonyl (C=O) groups excluding carboxylic acids is 4. The van der Waals surface area contributed by atoms with Crippen LogP contribution >= 0.6 is 0 Å². The monoisotopic (exact) mass is 788 g/mol. The zero-order valence-corrected chi connectivity index (χ0v) is 31.3. The number of esters is 1. The summed E-state index contributed by atoms with van der Waals surface area (Å²) in [5, 5.41) is 23.7. The molecule has 0 saturated carbocycles. The van der Waals surface area contributed by atoms with Crippen LogP contribution in [0.15, 0.2) is 103 Å². The van der Waals surface area contributed by atoms with Crippen molar-refractivity contribution in [2.24, 2.45) is 11.7 Å². The van der Waals surface area contributed by atoms with E-state index in [4.69, 9.17) is 24.7 Å². The van der Waals surface area contributed by atoms with Crippen LogP contribution in [0.25, 0.3) is 0 Å². The number of morpholine rings is 1. The number of hydrogen-bond donors (Lipinski definition) is 4. The van der Waals surface area contributed by atoms with Gasteiger partial charge in [-0.3, -0.25) is 19.3 Å². The Morgan fingerprint density at radius 2 is 1.59 bits per heavy atom. The number of carboxylic acid groups (broad SMARTS) is 1. The van der Waals surface area contributed by atoms with E-state index in [2.05, 4.69) is 17.2 Å². The second-order valence-electron chi connectivity index (χ2n) is 13.7. The molecule has 4 aromatic rings. The van der Waals surface area contributed by atoms with Crippen LogP contribution in [0.3, 0.4) is 0 Å². The van der Waals surface area contributed by atoms with E-state index < -0.39 is 65.5 Å². The van der Waals surface area contributed by atoms with Gasteiger partial charge in [0.25, 0.3) is 0 Å². The Balaban J connectivity index is 1.57. The molecule has 0 radical (unpaired) electrons. The Bertz CT molecular complexity index is 2280. The van der Waals surface area contributed by atoms with Crippen molar-refractivity contribution in [1.82, 2.24) is 10.2 Å². The largest absolute Gasteiger partial charge is 0.491 e. The van der Waals surface area contributed by atoms with Gasteiger partial charge in [0.1, 0.15) is 42.4 Å². The second-order valence-corrected chi connectivity index (χ2v) is 13.7. The summed E-state index contributed by atoms with van der Waals surface area (Å²) in [6.07, 6.45) is -2.09. The number of urea groups is 1. The van der Waals surface area contributed by atoms with Crippen LogP contribution in [-0.2, 0) is 34.0 Å². The van der Waals surface area contributed by atoms with Crippen LogP contribution < -0.4 is 20.7 Å². The molecule has 0 aliphatic carbocycles. The van der Waals surface area contributed by atoms with Crippen molar-refractivity contribution in [2.45, 2.75) is 29.6 Å². The summed E-state index contributed by atoms with van der Waals surface area (Å²) in [6.45, 7) is -0.848. The molecule has 0 aromatic heterocycles. The van der Waals surface area contributed by atoms with Gasteiger partial charge >= 0.3 is 24.1 Å². The fourth-order valence-corrected chi connectivity index (χ4v) is 8.46. The number of nitrogens with one attached hydrogen (secondary N) is 1. The number of nitrogens with zero attached hydrogens (tertiary/aromatic N) is 2. The average molecular weight is 789 g/mol. The molecule has 4 aromatic carbocycles. The lowest BCUT2D eigenvalue weighted by Gasteiger charge is -2.46. The summed E-state index contributed by atoms with van der Waals surface area (Å²) in [5.74, 6) is 0.671. The molecule has 0 bridgehead atoms. The number of fused-ring (bicyclic) bond motifs is 3. The summed E-state index contributed by atoms with van der Waals surface area (Å²) in [7, 11) is 1.42. The van der Waals surface area contributed by atoms with Gasteiger partial charge in [-0.05, 0) is 41.0 Å². The number of methoxy groups -OCH3 is 1. The molecule has 5 N–H and O–H groups in total. The average Bonchev–Trinajstić information content (AvgIpc) is 3.68. The summed E-state index contributed by atoms with van der Waals surface area (Å²) in [4.78, 5) is 72.5. The summed E-state index contributed by atoms with van der Waals surface area (Å²) >= 11 is 0. The maximum absolute atomic E-state index is 15.7. The number of aliphatic hydroxyl groups is 1. The van der Waals surface area contributed by atoms with E-state index >= 15 is 4.79 Å². The van der Waals surface area contributed by atoms with Crippen molar-refractivity contribution >= 4 is 35.7 Å². The van der Waals surface area contributed by atoms with E-state index in [-0.39, 0.29) is 50.0 Å². The summed E-state index contributed by atoms with van der Waals surface area (Å²) in [5.41, 5.74) is 4.93. The number of rotatable bonds is 11. The lowest BCUT2D eigenvalue weighted by molar-refractivity contribution is -0.179. The number of primary amides is 1. The predicted octanol–water partition coefficient (Wildman–Crippen LogP) is 3.61. The van der Waals surface area contributed by atoms with E-state index in [1.807, 2.05) is 36.4 Å². The minimum absolute atomic E-state index is 0.0108. The first-order valence-corrected chi connectivity index (χ1v) is 18.4. The fraction of sp³-hybridized carbons (Fsp3) is 0.279. The Morgan fingerprint density at radius 1 is 0.897 bits per heavy atom. The number of aliphatic hydroxyl groups excluding tert-OH is 1. The van der Waals surface area contributed by atoms with E-state index in [1.54, 1.807) is 53.4 Å². The highest BCUT2D eigenvalue weighted by Crippen LogP contribution is 2.66. The van der Waals surface area contributed by atoms with Crippen LogP contribution in [0.5, 0.6) is 5.75 Å². The zero-order chi connectivity index (χ0) is 41.0. The van der Waals surface area contributed by atoms with E-state index in [1.165, 1.54) is 25.3 Å². The molecule has 2 fully saturated rings. The molecule has 3 heterocycles. The van der Waals surface area contributed by atoms with Gasteiger partial charge in [-0.1, -0.05) is 90.7 Å². The number of cyclic esters (lactones) is 1. The summed E-state index contributed by atoms with van der Waals surface area (Å²) < 4.78 is 22.9. The van der Waals surface area contributed by atoms with Crippen molar-refractivity contribution < 1.29 is 53.1 Å². The lowest BCUT2D eigenvalue weighted by atomic mass is 9.65. The standard InChI is InChI=1S/C43H40N4O11/c1-55-23-24-57-42(54)46-31-19-18-26(11-10-20-45-41(44)53)25-30(31)43(40(46)52)33(38(49)50)35-39(51)58-36(28-14-6-3-7-15-28)34(27-12-4-2-5-13-27)47(35)37(43)29-16-8-9-17-32(29)56-22-21-48/h2-9,12-19,25,33-37,48H,20-24H2,1H3,(H,49,50)(H3,44,45,53)/t33-,34-,35-,36+,37+,43-/m0/s1. The fourth-order valence-electron chi connectivity index (χ4n) is 8.46. The molecule has 7 rings (SSSR count). The maximum atomic E-state index is 15.7. The number of carboxylic acids is 1. The first kappa shape index (κ1) is 39.5. The van der Waals surface area contributed by atoms with Gasteiger partial charge in [0, 0.05) is 18.2 Å². The number of anilines is 1. The number of ether oxygens (including phenoxy) is 4. The molecule has 4 amide bonds. The molecule has 6 atom stereocenters. The van der Waals surface area contributed by atoms with Crippen LogP contribution in [0.2, 0.25) is 0 Å². The third-order valence-electron chi connectivity index (χ3n) is 10.6. The highest BCUT2D eigenvalue weighted by Gasteiger charge is 2.76. The number of hydrogen-bond acceptors (Lipinski definition) is 11. The molecule has 1 spiro atoms. The zero-order valence-electron chi connectivity index (χ0n) is 31.3. The highest BCUT2D eigenvalue weighted by molar-refractivity contribution is 6.23. The van der Waals surface area contributed by atoms with Crippen molar-refractivity contribution in [2.75, 3.05) is 45.0 Å². The molecule has 15 nitrogen and oxygen atoms in total. The topological polar surface area (TPSA) is 207 Å². The van der Waals surface area contributed by atoms with Crippen LogP contribution in [0.4, 0.5) is 15.3 Å². The Morgan fingerprint density at radius 3 is 2.26 bits per heavy atom. The van der Waals surface area contributed by atoms with E-state index in [0.717, 1.165) is 4.90 Å². The van der Waals surface area contributed by atoms with E-state index in [9.17, 15) is 29.4 Å². The Labute approximate surface area is 333 Å². The van der Waals surface area contributed by atoms with Gasteiger partial charge in [-0.2, -0.15) is 0 Å². The normalized spacial score (nSPS) is 23.3. The molecule has 298 valence electrons. The molecular formula is C43H40N4O11. The van der Waals surface area contributed by atoms with Crippen molar-refractivity contribution in [3.8, 4) is 17.6 Å². The number of imide groups is 1. The first-order chi connectivity index (χ1) is 28.1. The number of nitrogens with two attached hydrogens (primary N) is 1. The van der Waals surface area contributed by atoms with Crippen LogP contribution in [0, 0.1) is 17.8 Å². The molecule has 15 heteroatoms. The second kappa shape index (κ2) is 16.8. The third-order valence-corrected chi connectivity index (χ3v) is 10.6. The maximum Gasteiger partial charge on any atom is 0.421 e. The van der Waals surface area contributed by atoms with Gasteiger partial charge in [0.2, 0.25) is 5.91 Å². The lowest BCUT2D eigenvalue weighted by Crippen LogP contribution is -2.53. The van der Waals surface area contributed by atoms with Crippen molar-refractivity contribution in [3.63, 3.8) is 0 Å². The third kappa shape index (κ3) is 6.87. The molecule has 3 aliphatic heterocycles. The van der Waals surface area contributed by atoms with Gasteiger partial charge in [0.15, 0.2) is 0 Å². The minimum Gasteiger partial charge on any atom is -0.491 e. The van der Waals surface area contributed by atoms with E-state index in [0.29, 0.717) is 22.3 Å². The molecule has 3 aliphatic rings. The van der Waals surface area contributed by atoms with Gasteiger partial charge < -0.3 is 40.2 Å². The number of amides is 4. The summed E-state index contributed by atoms with van der Waals surface area (Å²) in [6, 6.07) is 24.7. The smallest absolute Gasteiger partial charge is 0.421 e. The number of benzene rings is 4. The van der Waals surface area contributed by atoms with Gasteiger partial charge in [-0.25, -0.2) is 14.5 Å². The minimum atomic E-state index is -2.26. The quantitative estimate of drug-likeness (QED) is 0.0977.